The number of aryl methyl sites for hydroxylation is 1. The van der Waals surface area contributed by atoms with E-state index in [1.54, 1.807) is 36.4 Å². The molecule has 116 valence electrons. The van der Waals surface area contributed by atoms with E-state index < -0.39 is 10.8 Å². The summed E-state index contributed by atoms with van der Waals surface area (Å²) in [5.74, 6) is -0.324. The van der Waals surface area contributed by atoms with Crippen LogP contribution in [-0.4, -0.2) is 15.8 Å². The van der Waals surface area contributed by atoms with Crippen molar-refractivity contribution < 1.29 is 14.1 Å². The van der Waals surface area contributed by atoms with E-state index in [1.807, 2.05) is 6.92 Å². The molecule has 2 heterocycles. The molecular weight excluding hydrogens is 298 g/mol. The first kappa shape index (κ1) is 14.7. The van der Waals surface area contributed by atoms with Gasteiger partial charge in [-0.2, -0.15) is 0 Å². The van der Waals surface area contributed by atoms with Crippen molar-refractivity contribution in [2.75, 3.05) is 0 Å². The van der Waals surface area contributed by atoms with Gasteiger partial charge in [0.25, 0.3) is 11.6 Å². The van der Waals surface area contributed by atoms with Crippen LogP contribution in [0.1, 0.15) is 21.8 Å². The van der Waals surface area contributed by atoms with Crippen LogP contribution in [-0.2, 0) is 6.54 Å². The second kappa shape index (κ2) is 5.88. The van der Waals surface area contributed by atoms with E-state index >= 15 is 0 Å². The fourth-order valence-corrected chi connectivity index (χ4v) is 2.24. The number of para-hydroxylation sites is 1. The summed E-state index contributed by atoms with van der Waals surface area (Å²) in [6, 6.07) is 11.4. The Morgan fingerprint density at radius 1 is 1.30 bits per heavy atom. The van der Waals surface area contributed by atoms with Gasteiger partial charge in [-0.15, -0.1) is 0 Å². The molecule has 23 heavy (non-hydrogen) atoms. The zero-order chi connectivity index (χ0) is 16.4. The minimum Gasteiger partial charge on any atom is -0.449 e. The molecule has 7 nitrogen and oxygen atoms in total. The van der Waals surface area contributed by atoms with Crippen molar-refractivity contribution in [3.05, 3.63) is 69.6 Å². The summed E-state index contributed by atoms with van der Waals surface area (Å²) in [4.78, 5) is 26.9. The molecule has 0 aliphatic heterocycles. The van der Waals surface area contributed by atoms with E-state index in [0.717, 1.165) is 5.69 Å². The van der Waals surface area contributed by atoms with Crippen molar-refractivity contribution in [2.45, 2.75) is 13.5 Å². The first-order chi connectivity index (χ1) is 11.0. The van der Waals surface area contributed by atoms with Crippen LogP contribution in [0.25, 0.3) is 11.1 Å². The lowest BCUT2D eigenvalue weighted by atomic mass is 10.2. The number of hydrogen-bond donors (Lipinski definition) is 1. The Kier molecular flexibility index (Phi) is 3.76. The Labute approximate surface area is 131 Å². The van der Waals surface area contributed by atoms with Crippen LogP contribution in [0.15, 0.2) is 46.9 Å². The first-order valence-corrected chi connectivity index (χ1v) is 6.92. The number of pyridine rings is 1. The van der Waals surface area contributed by atoms with Crippen LogP contribution in [0.3, 0.4) is 0 Å². The summed E-state index contributed by atoms with van der Waals surface area (Å²) in [5.41, 5.74) is 2.34. The topological polar surface area (TPSA) is 98.3 Å². The Bertz CT molecular complexity index is 901. The van der Waals surface area contributed by atoms with Gasteiger partial charge in [0, 0.05) is 29.9 Å². The molecule has 0 atom stereocenters. The van der Waals surface area contributed by atoms with Gasteiger partial charge in [-0.3, -0.25) is 14.9 Å². The molecule has 1 aromatic carbocycles. The van der Waals surface area contributed by atoms with Gasteiger partial charge in [-0.1, -0.05) is 18.2 Å². The lowest BCUT2D eigenvalue weighted by Crippen LogP contribution is -2.22. The van der Waals surface area contributed by atoms with Crippen molar-refractivity contribution >= 4 is 22.7 Å². The number of carbonyl (C=O) groups excluding carboxylic acids is 1. The third-order valence-corrected chi connectivity index (χ3v) is 3.36. The number of aromatic nitrogens is 1. The predicted molar refractivity (Wildman–Crippen MR) is 83.0 cm³/mol. The number of nitro benzene ring substituents is 1. The molecule has 0 fully saturated rings. The summed E-state index contributed by atoms with van der Waals surface area (Å²) in [5, 5.41) is 13.6. The highest BCUT2D eigenvalue weighted by Gasteiger charge is 2.16. The maximum absolute atomic E-state index is 12.2. The van der Waals surface area contributed by atoms with Crippen molar-refractivity contribution in [1.29, 1.82) is 0 Å². The van der Waals surface area contributed by atoms with Crippen LogP contribution in [0.5, 0.6) is 0 Å². The number of furan rings is 1. The SMILES string of the molecule is Cc1ccc2oc(C(=O)NCc3ccccc3[N+](=O)[O-])cc2n1. The Hall–Kier alpha value is -3.22. The third kappa shape index (κ3) is 3.03. The van der Waals surface area contributed by atoms with E-state index in [9.17, 15) is 14.9 Å². The lowest BCUT2D eigenvalue weighted by Gasteiger charge is -2.04. The largest absolute Gasteiger partial charge is 0.449 e. The molecular formula is C16H13N3O4. The molecule has 0 unspecified atom stereocenters. The van der Waals surface area contributed by atoms with Crippen LogP contribution in [0.2, 0.25) is 0 Å². The third-order valence-electron chi connectivity index (χ3n) is 3.36. The monoisotopic (exact) mass is 311 g/mol. The van der Waals surface area contributed by atoms with E-state index in [-0.39, 0.29) is 18.0 Å². The van der Waals surface area contributed by atoms with Gasteiger partial charge in [-0.05, 0) is 19.1 Å². The zero-order valence-corrected chi connectivity index (χ0v) is 12.3. The van der Waals surface area contributed by atoms with E-state index in [2.05, 4.69) is 10.3 Å². The number of rotatable bonds is 4. The van der Waals surface area contributed by atoms with Crippen molar-refractivity contribution in [2.24, 2.45) is 0 Å². The Morgan fingerprint density at radius 3 is 2.87 bits per heavy atom. The number of nitrogens with zero attached hydrogens (tertiary/aromatic N) is 2. The maximum atomic E-state index is 12.2. The molecule has 7 heteroatoms. The quantitative estimate of drug-likeness (QED) is 0.590. The van der Waals surface area contributed by atoms with E-state index in [4.69, 9.17) is 4.42 Å². The highest BCUT2D eigenvalue weighted by Crippen LogP contribution is 2.19. The molecule has 0 radical (unpaired) electrons. The van der Waals surface area contributed by atoms with Gasteiger partial charge in [0.05, 0.1) is 4.92 Å². The average molecular weight is 311 g/mol. The normalized spacial score (nSPS) is 10.7. The van der Waals surface area contributed by atoms with E-state index in [0.29, 0.717) is 16.7 Å². The summed E-state index contributed by atoms with van der Waals surface area (Å²) >= 11 is 0. The molecule has 3 aromatic rings. The predicted octanol–water partition coefficient (Wildman–Crippen LogP) is 2.97. The van der Waals surface area contributed by atoms with Crippen molar-refractivity contribution in [3.8, 4) is 0 Å². The number of benzene rings is 1. The van der Waals surface area contributed by atoms with Crippen LogP contribution < -0.4 is 5.32 Å². The number of carbonyl (C=O) groups is 1. The molecule has 1 amide bonds. The van der Waals surface area contributed by atoms with Gasteiger partial charge in [0.15, 0.2) is 11.3 Å². The summed E-state index contributed by atoms with van der Waals surface area (Å²) in [6.45, 7) is 1.89. The van der Waals surface area contributed by atoms with Gasteiger partial charge >= 0.3 is 0 Å². The first-order valence-electron chi connectivity index (χ1n) is 6.92. The summed E-state index contributed by atoms with van der Waals surface area (Å²) in [7, 11) is 0. The molecule has 0 aliphatic carbocycles. The smallest absolute Gasteiger partial charge is 0.287 e. The van der Waals surface area contributed by atoms with Gasteiger partial charge in [-0.25, -0.2) is 4.98 Å². The zero-order valence-electron chi connectivity index (χ0n) is 12.3. The molecule has 0 bridgehead atoms. The highest BCUT2D eigenvalue weighted by molar-refractivity contribution is 5.95. The molecule has 1 N–H and O–H groups in total. The molecule has 2 aromatic heterocycles. The average Bonchev–Trinajstić information content (AvgIpc) is 2.95. The highest BCUT2D eigenvalue weighted by atomic mass is 16.6. The second-order valence-electron chi connectivity index (χ2n) is 5.02. The Morgan fingerprint density at radius 2 is 2.09 bits per heavy atom. The van der Waals surface area contributed by atoms with Gasteiger partial charge in [0.2, 0.25) is 0 Å². The molecule has 3 rings (SSSR count). The number of nitro groups is 1. The van der Waals surface area contributed by atoms with Crippen molar-refractivity contribution in [3.63, 3.8) is 0 Å². The lowest BCUT2D eigenvalue weighted by molar-refractivity contribution is -0.385. The van der Waals surface area contributed by atoms with E-state index in [1.165, 1.54) is 6.07 Å². The van der Waals surface area contributed by atoms with Crippen LogP contribution in [0.4, 0.5) is 5.69 Å². The fraction of sp³-hybridized carbons (Fsp3) is 0.125. The molecule has 0 saturated heterocycles. The number of fused-ring (bicyclic) bond motifs is 1. The number of hydrogen-bond acceptors (Lipinski definition) is 5. The minimum absolute atomic E-state index is 0.0327. The van der Waals surface area contributed by atoms with Crippen LogP contribution >= 0.6 is 0 Å². The summed E-state index contributed by atoms with van der Waals surface area (Å²) in [6.07, 6.45) is 0. The number of nitrogens with one attached hydrogen (secondary N) is 1. The standard InChI is InChI=1S/C16H13N3O4/c1-10-6-7-14-12(18-10)8-15(23-14)16(20)17-9-11-4-2-3-5-13(11)19(21)22/h2-8H,9H2,1H3,(H,17,20). The van der Waals surface area contributed by atoms with Crippen LogP contribution in [0, 0.1) is 17.0 Å². The minimum atomic E-state index is -0.477. The second-order valence-corrected chi connectivity index (χ2v) is 5.02. The van der Waals surface area contributed by atoms with Gasteiger partial charge < -0.3 is 9.73 Å². The molecule has 0 aliphatic rings. The van der Waals surface area contributed by atoms with Gasteiger partial charge in [0.1, 0.15) is 5.52 Å². The fourth-order valence-electron chi connectivity index (χ4n) is 2.24. The van der Waals surface area contributed by atoms with Crippen molar-refractivity contribution in [1.82, 2.24) is 10.3 Å². The summed E-state index contributed by atoms with van der Waals surface area (Å²) < 4.78 is 5.44. The maximum Gasteiger partial charge on any atom is 0.287 e. The molecule has 0 spiro atoms. The number of amides is 1. The Balaban J connectivity index is 1.77. The molecule has 0 saturated carbocycles.